The molecule has 1 aromatic rings. The molecule has 1 aliphatic rings. The second-order valence-electron chi connectivity index (χ2n) is 5.25. The van der Waals surface area contributed by atoms with Crippen molar-refractivity contribution < 1.29 is 4.74 Å². The van der Waals surface area contributed by atoms with Crippen LogP contribution in [-0.4, -0.2) is 18.7 Å². The third-order valence-electron chi connectivity index (χ3n) is 3.52. The first-order valence-corrected chi connectivity index (χ1v) is 8.17. The van der Waals surface area contributed by atoms with Crippen LogP contribution in [0.5, 0.6) is 5.75 Å². The molecule has 1 saturated carbocycles. The van der Waals surface area contributed by atoms with Gasteiger partial charge < -0.3 is 10.1 Å². The summed E-state index contributed by atoms with van der Waals surface area (Å²) in [7, 11) is 0. The first-order valence-electron chi connectivity index (χ1n) is 7.00. The van der Waals surface area contributed by atoms with Gasteiger partial charge in [-0.15, -0.1) is 0 Å². The maximum absolute atomic E-state index is 6.12. The molecular weight excluding hydrogens is 326 g/mol. The summed E-state index contributed by atoms with van der Waals surface area (Å²) in [5, 5.41) is 4.26. The van der Waals surface area contributed by atoms with Crippen LogP contribution < -0.4 is 10.1 Å². The van der Waals surface area contributed by atoms with Crippen LogP contribution in [0, 0.1) is 0 Å². The molecule has 0 bridgehead atoms. The average Bonchev–Trinajstić information content (AvgIpc) is 2.42. The van der Waals surface area contributed by atoms with Crippen LogP contribution in [0.1, 0.15) is 39.0 Å². The van der Waals surface area contributed by atoms with Crippen molar-refractivity contribution in [2.24, 2.45) is 0 Å². The van der Waals surface area contributed by atoms with Gasteiger partial charge in [0.05, 0.1) is 5.02 Å². The van der Waals surface area contributed by atoms with Gasteiger partial charge in [-0.2, -0.15) is 0 Å². The van der Waals surface area contributed by atoms with Gasteiger partial charge in [0.1, 0.15) is 11.9 Å². The van der Waals surface area contributed by atoms with Crippen LogP contribution in [0.3, 0.4) is 0 Å². The van der Waals surface area contributed by atoms with Crippen LogP contribution in [-0.2, 0) is 0 Å². The Morgan fingerprint density at radius 1 is 1.37 bits per heavy atom. The van der Waals surface area contributed by atoms with Crippen LogP contribution in [0.2, 0.25) is 5.02 Å². The Morgan fingerprint density at radius 2 is 2.11 bits per heavy atom. The topological polar surface area (TPSA) is 21.3 Å². The van der Waals surface area contributed by atoms with Crippen molar-refractivity contribution in [3.8, 4) is 5.75 Å². The Bertz CT molecular complexity index is 407. The van der Waals surface area contributed by atoms with Crippen LogP contribution in [0.15, 0.2) is 22.7 Å². The number of hydrogen-bond donors (Lipinski definition) is 1. The lowest BCUT2D eigenvalue weighted by Crippen LogP contribution is -2.37. The van der Waals surface area contributed by atoms with E-state index in [0.29, 0.717) is 11.1 Å². The second-order valence-corrected chi connectivity index (χ2v) is 6.57. The van der Waals surface area contributed by atoms with Gasteiger partial charge in [0.25, 0.3) is 0 Å². The normalized spacial score (nSPS) is 18.3. The van der Waals surface area contributed by atoms with Gasteiger partial charge in [-0.3, -0.25) is 0 Å². The summed E-state index contributed by atoms with van der Waals surface area (Å²) in [5.41, 5.74) is 0. The molecule has 1 aromatic carbocycles. The van der Waals surface area contributed by atoms with Crippen molar-refractivity contribution in [2.45, 2.75) is 51.2 Å². The molecule has 1 aliphatic carbocycles. The lowest BCUT2D eigenvalue weighted by atomic mass is 9.95. The fourth-order valence-electron chi connectivity index (χ4n) is 2.47. The smallest absolute Gasteiger partial charge is 0.139 e. The summed E-state index contributed by atoms with van der Waals surface area (Å²) in [6.45, 7) is 2.95. The van der Waals surface area contributed by atoms with E-state index >= 15 is 0 Å². The highest BCUT2D eigenvalue weighted by Gasteiger charge is 2.14. The molecule has 19 heavy (non-hydrogen) atoms. The molecule has 0 saturated heterocycles. The van der Waals surface area contributed by atoms with E-state index in [1.165, 1.54) is 32.1 Å². The molecule has 0 spiro atoms. The molecule has 0 radical (unpaired) electrons. The lowest BCUT2D eigenvalue weighted by molar-refractivity contribution is 0.205. The summed E-state index contributed by atoms with van der Waals surface area (Å²) in [6, 6.07) is 6.35. The van der Waals surface area contributed by atoms with E-state index < -0.39 is 0 Å². The number of ether oxygens (including phenoxy) is 1. The molecule has 1 fully saturated rings. The number of nitrogens with one attached hydrogen (secondary N) is 1. The molecule has 106 valence electrons. The fourth-order valence-corrected chi connectivity index (χ4v) is 2.97. The van der Waals surface area contributed by atoms with Crippen molar-refractivity contribution in [3.05, 3.63) is 27.7 Å². The SMILES string of the molecule is CC(CNC1CCCCC1)Oc1cc(Br)ccc1Cl. The second kappa shape index (κ2) is 7.51. The molecule has 2 nitrogen and oxygen atoms in total. The molecule has 0 amide bonds. The van der Waals surface area contributed by atoms with E-state index in [9.17, 15) is 0 Å². The van der Waals surface area contributed by atoms with Crippen molar-refractivity contribution in [1.29, 1.82) is 0 Å². The Morgan fingerprint density at radius 3 is 2.84 bits per heavy atom. The summed E-state index contributed by atoms with van der Waals surface area (Å²) in [6.07, 6.45) is 6.80. The zero-order chi connectivity index (χ0) is 13.7. The van der Waals surface area contributed by atoms with Crippen molar-refractivity contribution in [1.82, 2.24) is 5.32 Å². The Kier molecular flexibility index (Phi) is 5.99. The summed E-state index contributed by atoms with van der Waals surface area (Å²) in [4.78, 5) is 0. The minimum Gasteiger partial charge on any atom is -0.488 e. The first kappa shape index (κ1) is 15.1. The van der Waals surface area contributed by atoms with Gasteiger partial charge in [-0.25, -0.2) is 0 Å². The zero-order valence-electron chi connectivity index (χ0n) is 11.3. The van der Waals surface area contributed by atoms with Gasteiger partial charge in [0, 0.05) is 17.1 Å². The number of halogens is 2. The third-order valence-corrected chi connectivity index (χ3v) is 4.33. The van der Waals surface area contributed by atoms with Gasteiger partial charge in [-0.1, -0.05) is 46.8 Å². The van der Waals surface area contributed by atoms with Gasteiger partial charge >= 0.3 is 0 Å². The molecular formula is C15H21BrClNO. The van der Waals surface area contributed by atoms with Gasteiger partial charge in [-0.05, 0) is 38.0 Å². The van der Waals surface area contributed by atoms with E-state index in [4.69, 9.17) is 16.3 Å². The van der Waals surface area contributed by atoms with Crippen molar-refractivity contribution >= 4 is 27.5 Å². The first-order chi connectivity index (χ1) is 9.15. The van der Waals surface area contributed by atoms with Gasteiger partial charge in [0.15, 0.2) is 0 Å². The van der Waals surface area contributed by atoms with Crippen molar-refractivity contribution in [2.75, 3.05) is 6.54 Å². The highest BCUT2D eigenvalue weighted by molar-refractivity contribution is 9.10. The van der Waals surface area contributed by atoms with E-state index in [0.717, 1.165) is 16.8 Å². The average molecular weight is 347 g/mol. The monoisotopic (exact) mass is 345 g/mol. The van der Waals surface area contributed by atoms with E-state index in [1.807, 2.05) is 18.2 Å². The largest absolute Gasteiger partial charge is 0.488 e. The summed E-state index contributed by atoms with van der Waals surface area (Å²) < 4.78 is 6.88. The molecule has 0 aliphatic heterocycles. The van der Waals surface area contributed by atoms with E-state index in [2.05, 4.69) is 28.2 Å². The minimum absolute atomic E-state index is 0.119. The molecule has 4 heteroatoms. The Hall–Kier alpha value is -0.250. The summed E-state index contributed by atoms with van der Waals surface area (Å²) in [5.74, 6) is 0.744. The molecule has 0 heterocycles. The van der Waals surface area contributed by atoms with E-state index in [-0.39, 0.29) is 6.10 Å². The number of hydrogen-bond acceptors (Lipinski definition) is 2. The summed E-state index contributed by atoms with van der Waals surface area (Å²) >= 11 is 9.56. The van der Waals surface area contributed by atoms with Gasteiger partial charge in [0.2, 0.25) is 0 Å². The molecule has 1 unspecified atom stereocenters. The minimum atomic E-state index is 0.119. The van der Waals surface area contributed by atoms with Crippen LogP contribution >= 0.6 is 27.5 Å². The Labute approximate surface area is 129 Å². The van der Waals surface area contributed by atoms with Crippen LogP contribution in [0.4, 0.5) is 0 Å². The number of rotatable bonds is 5. The van der Waals surface area contributed by atoms with E-state index in [1.54, 1.807) is 0 Å². The predicted molar refractivity (Wildman–Crippen MR) is 84.1 cm³/mol. The van der Waals surface area contributed by atoms with Crippen molar-refractivity contribution in [3.63, 3.8) is 0 Å². The molecule has 1 N–H and O–H groups in total. The quantitative estimate of drug-likeness (QED) is 0.827. The zero-order valence-corrected chi connectivity index (χ0v) is 13.6. The lowest BCUT2D eigenvalue weighted by Gasteiger charge is -2.25. The third kappa shape index (κ3) is 4.97. The molecule has 0 aromatic heterocycles. The maximum Gasteiger partial charge on any atom is 0.139 e. The Balaban J connectivity index is 1.80. The predicted octanol–water partition coefficient (Wildman–Crippen LogP) is 4.79. The maximum atomic E-state index is 6.12. The number of benzene rings is 1. The highest BCUT2D eigenvalue weighted by Crippen LogP contribution is 2.28. The van der Waals surface area contributed by atoms with Crippen LogP contribution in [0.25, 0.3) is 0 Å². The molecule has 1 atom stereocenters. The standard InChI is InChI=1S/C15H21BrClNO/c1-11(10-18-13-5-3-2-4-6-13)19-15-9-12(16)7-8-14(15)17/h7-9,11,13,18H,2-6,10H2,1H3. The fraction of sp³-hybridized carbons (Fsp3) is 0.600. The molecule has 2 rings (SSSR count). The highest BCUT2D eigenvalue weighted by atomic mass is 79.9.